The second-order valence-electron chi connectivity index (χ2n) is 6.00. The summed E-state index contributed by atoms with van der Waals surface area (Å²) in [5.74, 6) is -1.73. The van der Waals surface area contributed by atoms with Crippen LogP contribution in [0.4, 0.5) is 13.2 Å². The van der Waals surface area contributed by atoms with Gasteiger partial charge in [-0.3, -0.25) is 4.79 Å². The van der Waals surface area contributed by atoms with Crippen LogP contribution in [0.25, 0.3) is 11.1 Å². The van der Waals surface area contributed by atoms with Crippen LogP contribution in [0, 0.1) is 0 Å². The van der Waals surface area contributed by atoms with Gasteiger partial charge in [-0.1, -0.05) is 13.0 Å². The van der Waals surface area contributed by atoms with Crippen LogP contribution in [-0.4, -0.2) is 32.7 Å². The lowest BCUT2D eigenvalue weighted by Crippen LogP contribution is -2.25. The van der Waals surface area contributed by atoms with Gasteiger partial charge >= 0.3 is 21.9 Å². The maximum atomic E-state index is 13.0. The van der Waals surface area contributed by atoms with Crippen molar-refractivity contribution in [1.29, 1.82) is 0 Å². The predicted molar refractivity (Wildman–Crippen MR) is 99.1 cm³/mol. The highest BCUT2D eigenvalue weighted by molar-refractivity contribution is 7.87. The average Bonchev–Trinajstić information content (AvgIpc) is 2.58. The Labute approximate surface area is 166 Å². The summed E-state index contributed by atoms with van der Waals surface area (Å²) >= 11 is -2.50. The molecule has 0 bridgehead atoms. The molecule has 0 saturated carbocycles. The maximum absolute atomic E-state index is 13.0. The SMILES string of the molecule is CCCS(=O)(=O)Oc1c(-c2ccc(C(F)(F)F)cc2CS(=O)O)cnn(C)c1=O. The molecule has 1 unspecified atom stereocenters. The number of halogens is 3. The lowest BCUT2D eigenvalue weighted by Gasteiger charge is -2.16. The topological polar surface area (TPSA) is 116 Å². The fourth-order valence-corrected chi connectivity index (χ4v) is 4.00. The Bertz CT molecular complexity index is 1100. The third-order valence-corrected chi connectivity index (χ3v) is 5.65. The van der Waals surface area contributed by atoms with Crippen LogP contribution in [0.5, 0.6) is 5.75 Å². The summed E-state index contributed by atoms with van der Waals surface area (Å²) < 4.78 is 89.4. The van der Waals surface area contributed by atoms with Crippen LogP contribution >= 0.6 is 0 Å². The Morgan fingerprint density at radius 3 is 2.48 bits per heavy atom. The van der Waals surface area contributed by atoms with Gasteiger partial charge in [-0.15, -0.1) is 0 Å². The standard InChI is InChI=1S/C16H17F3N2O6S2/c1-3-6-29(25,26)27-14-13(8-20-21(2)15(14)22)12-5-4-11(16(17,18)19)7-10(12)9-28(23)24/h4-5,7-8H,3,6,9H2,1-2H3,(H,23,24). The third-order valence-electron chi connectivity index (χ3n) is 3.76. The summed E-state index contributed by atoms with van der Waals surface area (Å²) in [6, 6.07) is 2.34. The van der Waals surface area contributed by atoms with Crippen molar-refractivity contribution >= 4 is 21.2 Å². The zero-order valence-electron chi connectivity index (χ0n) is 15.3. The van der Waals surface area contributed by atoms with Gasteiger partial charge in [0.15, 0.2) is 11.1 Å². The van der Waals surface area contributed by atoms with Gasteiger partial charge < -0.3 is 8.74 Å². The third kappa shape index (κ3) is 5.64. The molecule has 0 saturated heterocycles. The van der Waals surface area contributed by atoms with Crippen molar-refractivity contribution in [1.82, 2.24) is 9.78 Å². The van der Waals surface area contributed by atoms with Gasteiger partial charge in [0.05, 0.1) is 28.8 Å². The summed E-state index contributed by atoms with van der Waals surface area (Å²) in [6.07, 6.45) is -3.46. The summed E-state index contributed by atoms with van der Waals surface area (Å²) in [6.45, 7) is 1.58. The molecular formula is C16H17F3N2O6S2. The number of hydrogen-bond donors (Lipinski definition) is 1. The molecule has 2 aromatic rings. The molecule has 0 amide bonds. The van der Waals surface area contributed by atoms with Crippen molar-refractivity contribution in [3.05, 3.63) is 45.9 Å². The first kappa shape index (κ1) is 23.0. The molecule has 0 aliphatic heterocycles. The van der Waals surface area contributed by atoms with E-state index in [9.17, 15) is 35.1 Å². The van der Waals surface area contributed by atoms with Crippen molar-refractivity contribution < 1.29 is 34.5 Å². The fourth-order valence-electron chi connectivity index (χ4n) is 2.49. The lowest BCUT2D eigenvalue weighted by molar-refractivity contribution is -0.137. The first-order valence-electron chi connectivity index (χ1n) is 8.12. The molecule has 0 fully saturated rings. The zero-order chi connectivity index (χ0) is 22.0. The summed E-state index contributed by atoms with van der Waals surface area (Å²) in [5.41, 5.74) is -2.51. The number of benzene rings is 1. The molecule has 1 aromatic carbocycles. The molecule has 1 atom stereocenters. The van der Waals surface area contributed by atoms with Crippen molar-refractivity contribution in [2.45, 2.75) is 25.3 Å². The van der Waals surface area contributed by atoms with Gasteiger partial charge in [-0.25, -0.2) is 8.89 Å². The second-order valence-corrected chi connectivity index (χ2v) is 8.62. The van der Waals surface area contributed by atoms with Crippen LogP contribution in [-0.2, 0) is 40.2 Å². The predicted octanol–water partition coefficient (Wildman–Crippen LogP) is 2.31. The Hall–Kier alpha value is -2.25. The van der Waals surface area contributed by atoms with Gasteiger partial charge in [-0.2, -0.15) is 26.7 Å². The average molecular weight is 454 g/mol. The minimum Gasteiger partial charge on any atom is -0.376 e. The number of aromatic nitrogens is 2. The number of alkyl halides is 3. The van der Waals surface area contributed by atoms with Gasteiger partial charge in [0.1, 0.15) is 0 Å². The van der Waals surface area contributed by atoms with Crippen LogP contribution in [0.3, 0.4) is 0 Å². The highest BCUT2D eigenvalue weighted by atomic mass is 32.2. The maximum Gasteiger partial charge on any atom is 0.416 e. The molecular weight excluding hydrogens is 437 g/mol. The van der Waals surface area contributed by atoms with Crippen molar-refractivity contribution in [3.63, 3.8) is 0 Å². The first-order chi connectivity index (χ1) is 13.4. The van der Waals surface area contributed by atoms with E-state index in [2.05, 4.69) is 5.10 Å². The molecule has 160 valence electrons. The summed E-state index contributed by atoms with van der Waals surface area (Å²) in [4.78, 5) is 12.4. The van der Waals surface area contributed by atoms with Gasteiger partial charge in [0.25, 0.3) is 0 Å². The largest absolute Gasteiger partial charge is 0.416 e. The first-order valence-corrected chi connectivity index (χ1v) is 11.0. The molecule has 29 heavy (non-hydrogen) atoms. The normalized spacial score (nSPS) is 13.3. The van der Waals surface area contributed by atoms with E-state index >= 15 is 0 Å². The van der Waals surface area contributed by atoms with Crippen LogP contribution < -0.4 is 9.74 Å². The second kappa shape index (κ2) is 8.63. The summed E-state index contributed by atoms with van der Waals surface area (Å²) in [5, 5.41) is 3.75. The van der Waals surface area contributed by atoms with E-state index in [1.54, 1.807) is 6.92 Å². The van der Waals surface area contributed by atoms with Crippen LogP contribution in [0.1, 0.15) is 24.5 Å². The van der Waals surface area contributed by atoms with Crippen molar-refractivity contribution in [3.8, 4) is 16.9 Å². The summed E-state index contributed by atoms with van der Waals surface area (Å²) in [7, 11) is -2.91. The monoisotopic (exact) mass is 454 g/mol. The van der Waals surface area contributed by atoms with Crippen molar-refractivity contribution in [2.75, 3.05) is 5.75 Å². The molecule has 1 N–H and O–H groups in total. The lowest BCUT2D eigenvalue weighted by atomic mass is 9.99. The van der Waals surface area contributed by atoms with Gasteiger partial charge in [0.2, 0.25) is 5.75 Å². The molecule has 0 spiro atoms. The van der Waals surface area contributed by atoms with E-state index in [0.717, 1.165) is 16.9 Å². The molecule has 0 aliphatic rings. The molecule has 1 heterocycles. The number of nitrogens with zero attached hydrogens (tertiary/aromatic N) is 2. The number of hydrogen-bond acceptors (Lipinski definition) is 6. The number of aryl methyl sites for hydroxylation is 1. The zero-order valence-corrected chi connectivity index (χ0v) is 16.9. The minimum absolute atomic E-state index is 0.0766. The molecule has 13 heteroatoms. The van der Waals surface area contributed by atoms with Gasteiger partial charge in [0, 0.05) is 7.05 Å². The fraction of sp³-hybridized carbons (Fsp3) is 0.375. The van der Waals surface area contributed by atoms with Gasteiger partial charge in [-0.05, 0) is 29.7 Å². The van der Waals surface area contributed by atoms with Crippen molar-refractivity contribution in [2.24, 2.45) is 7.05 Å². The Morgan fingerprint density at radius 2 is 1.93 bits per heavy atom. The Morgan fingerprint density at radius 1 is 1.28 bits per heavy atom. The van der Waals surface area contributed by atoms with E-state index in [-0.39, 0.29) is 23.1 Å². The minimum atomic E-state index is -4.71. The van der Waals surface area contributed by atoms with E-state index < -0.39 is 55.8 Å². The van der Waals surface area contributed by atoms with E-state index in [1.165, 1.54) is 7.05 Å². The molecule has 0 aliphatic carbocycles. The molecule has 1 aromatic heterocycles. The van der Waals surface area contributed by atoms with E-state index in [1.807, 2.05) is 0 Å². The highest BCUT2D eigenvalue weighted by Crippen LogP contribution is 2.36. The quantitative estimate of drug-likeness (QED) is 0.504. The molecule has 8 nitrogen and oxygen atoms in total. The highest BCUT2D eigenvalue weighted by Gasteiger charge is 2.32. The Balaban J connectivity index is 2.75. The van der Waals surface area contributed by atoms with Crippen LogP contribution in [0.2, 0.25) is 0 Å². The number of rotatable bonds is 7. The van der Waals surface area contributed by atoms with Crippen LogP contribution in [0.15, 0.2) is 29.2 Å². The molecule has 2 rings (SSSR count). The molecule has 0 radical (unpaired) electrons. The van der Waals surface area contributed by atoms with E-state index in [4.69, 9.17) is 4.18 Å². The van der Waals surface area contributed by atoms with E-state index in [0.29, 0.717) is 12.1 Å². The Kier molecular flexibility index (Phi) is 6.86. The smallest absolute Gasteiger partial charge is 0.376 e.